The number of pyridine rings is 1. The van der Waals surface area contributed by atoms with Gasteiger partial charge in [0.15, 0.2) is 17.8 Å². The fourth-order valence-electron chi connectivity index (χ4n) is 2.36. The number of nitrogens with one attached hydrogen (secondary N) is 1. The number of hydrogen-bond donors (Lipinski definition) is 1. The molecule has 1 amide bonds. The first-order valence-corrected chi connectivity index (χ1v) is 8.63. The van der Waals surface area contributed by atoms with Gasteiger partial charge in [-0.25, -0.2) is 4.39 Å². The van der Waals surface area contributed by atoms with Crippen molar-refractivity contribution in [3.05, 3.63) is 81.5 Å². The number of hydrogen-bond acceptors (Lipinski definition) is 4. The Labute approximate surface area is 169 Å². The molecule has 28 heavy (non-hydrogen) atoms. The molecular formula is C19H13Cl2FN2O4. The Morgan fingerprint density at radius 3 is 2.57 bits per heavy atom. The highest BCUT2D eigenvalue weighted by Gasteiger charge is 2.18. The van der Waals surface area contributed by atoms with Crippen molar-refractivity contribution in [3.8, 4) is 17.2 Å². The van der Waals surface area contributed by atoms with Crippen LogP contribution in [0.4, 0.5) is 10.1 Å². The Hall–Kier alpha value is -3.03. The van der Waals surface area contributed by atoms with Gasteiger partial charge in [0.1, 0.15) is 17.2 Å². The summed E-state index contributed by atoms with van der Waals surface area (Å²) < 4.78 is 25.0. The Balaban J connectivity index is 1.94. The van der Waals surface area contributed by atoms with Crippen molar-refractivity contribution < 1.29 is 23.4 Å². The van der Waals surface area contributed by atoms with Crippen LogP contribution in [-0.2, 0) is 0 Å². The fraction of sp³-hybridized carbons (Fsp3) is 0.0526. The zero-order valence-corrected chi connectivity index (χ0v) is 15.9. The Morgan fingerprint density at radius 2 is 1.89 bits per heavy atom. The van der Waals surface area contributed by atoms with Crippen LogP contribution < -0.4 is 19.5 Å². The summed E-state index contributed by atoms with van der Waals surface area (Å²) in [5.41, 5.74) is 0.321. The Bertz CT molecular complexity index is 1050. The Kier molecular flexibility index (Phi) is 5.87. The average molecular weight is 423 g/mol. The summed E-state index contributed by atoms with van der Waals surface area (Å²) in [5, 5.41) is 14.2. The van der Waals surface area contributed by atoms with Gasteiger partial charge in [0.25, 0.3) is 5.91 Å². The lowest BCUT2D eigenvalue weighted by Gasteiger charge is -2.13. The van der Waals surface area contributed by atoms with Crippen molar-refractivity contribution in [2.45, 2.75) is 0 Å². The van der Waals surface area contributed by atoms with Crippen LogP contribution in [0, 0.1) is 11.0 Å². The van der Waals surface area contributed by atoms with Gasteiger partial charge in [-0.1, -0.05) is 23.2 Å². The zero-order valence-electron chi connectivity index (χ0n) is 14.4. The van der Waals surface area contributed by atoms with Crippen molar-refractivity contribution in [2.75, 3.05) is 12.4 Å². The third kappa shape index (κ3) is 4.44. The number of rotatable bonds is 5. The SMILES string of the molecule is COc1ccc(Oc2cc(Cl)c(Cl)cc2C(=O)Nc2ccc[n+]([O-])c2)cc1F. The molecule has 0 unspecified atom stereocenters. The minimum Gasteiger partial charge on any atom is -0.619 e. The van der Waals surface area contributed by atoms with Crippen molar-refractivity contribution in [1.29, 1.82) is 0 Å². The number of ether oxygens (including phenoxy) is 2. The molecule has 0 aliphatic heterocycles. The molecule has 1 N–H and O–H groups in total. The number of halogens is 3. The second-order valence-corrected chi connectivity index (χ2v) is 6.38. The summed E-state index contributed by atoms with van der Waals surface area (Å²) in [5.74, 6) is -0.983. The summed E-state index contributed by atoms with van der Waals surface area (Å²) in [6, 6.07) is 9.67. The number of anilines is 1. The van der Waals surface area contributed by atoms with E-state index in [0.29, 0.717) is 4.73 Å². The number of benzene rings is 2. The van der Waals surface area contributed by atoms with E-state index in [1.165, 1.54) is 49.8 Å². The molecule has 0 saturated heterocycles. The summed E-state index contributed by atoms with van der Waals surface area (Å²) in [7, 11) is 1.34. The third-order valence-electron chi connectivity index (χ3n) is 3.65. The molecule has 6 nitrogen and oxygen atoms in total. The second-order valence-electron chi connectivity index (χ2n) is 5.57. The van der Waals surface area contributed by atoms with Gasteiger partial charge >= 0.3 is 0 Å². The molecule has 0 aliphatic carbocycles. The van der Waals surface area contributed by atoms with E-state index in [9.17, 15) is 14.4 Å². The third-order valence-corrected chi connectivity index (χ3v) is 4.37. The van der Waals surface area contributed by atoms with E-state index in [1.807, 2.05) is 0 Å². The average Bonchev–Trinajstić information content (AvgIpc) is 2.64. The molecule has 0 spiro atoms. The van der Waals surface area contributed by atoms with Crippen molar-refractivity contribution in [2.24, 2.45) is 0 Å². The molecule has 144 valence electrons. The number of nitrogens with zero attached hydrogens (tertiary/aromatic N) is 1. The zero-order chi connectivity index (χ0) is 20.3. The maximum absolute atomic E-state index is 13.9. The first-order chi connectivity index (χ1) is 13.4. The quantitative estimate of drug-likeness (QED) is 0.472. The lowest BCUT2D eigenvalue weighted by molar-refractivity contribution is -0.604. The van der Waals surface area contributed by atoms with E-state index in [4.69, 9.17) is 32.7 Å². The maximum Gasteiger partial charge on any atom is 0.259 e. The van der Waals surface area contributed by atoms with E-state index in [-0.39, 0.29) is 38.5 Å². The highest BCUT2D eigenvalue weighted by Crippen LogP contribution is 2.35. The predicted octanol–water partition coefficient (Wildman–Crippen LogP) is 4.82. The molecule has 3 rings (SSSR count). The summed E-state index contributed by atoms with van der Waals surface area (Å²) in [6.07, 6.45) is 2.47. The van der Waals surface area contributed by atoms with Gasteiger partial charge in [-0.15, -0.1) is 0 Å². The van der Waals surface area contributed by atoms with Gasteiger partial charge < -0.3 is 20.0 Å². The maximum atomic E-state index is 13.9. The number of carbonyl (C=O) groups excluding carboxylic acids is 1. The first kappa shape index (κ1) is 19.7. The van der Waals surface area contributed by atoms with E-state index >= 15 is 0 Å². The van der Waals surface area contributed by atoms with Crippen LogP contribution in [0.5, 0.6) is 17.2 Å². The highest BCUT2D eigenvalue weighted by molar-refractivity contribution is 6.42. The van der Waals surface area contributed by atoms with Crippen molar-refractivity contribution in [1.82, 2.24) is 0 Å². The highest BCUT2D eigenvalue weighted by atomic mass is 35.5. The predicted molar refractivity (Wildman–Crippen MR) is 103 cm³/mol. The molecule has 3 aromatic rings. The van der Waals surface area contributed by atoms with Crippen LogP contribution in [-0.4, -0.2) is 13.0 Å². The number of methoxy groups -OCH3 is 1. The second kappa shape index (κ2) is 8.33. The van der Waals surface area contributed by atoms with Gasteiger partial charge in [0, 0.05) is 18.2 Å². The van der Waals surface area contributed by atoms with E-state index < -0.39 is 11.7 Å². The van der Waals surface area contributed by atoms with Crippen molar-refractivity contribution in [3.63, 3.8) is 0 Å². The van der Waals surface area contributed by atoms with Gasteiger partial charge in [0.2, 0.25) is 6.20 Å². The van der Waals surface area contributed by atoms with Crippen LogP contribution >= 0.6 is 23.2 Å². The molecule has 2 aromatic carbocycles. The van der Waals surface area contributed by atoms with Gasteiger partial charge in [0.05, 0.1) is 22.7 Å². The number of amides is 1. The van der Waals surface area contributed by atoms with Crippen LogP contribution in [0.3, 0.4) is 0 Å². The molecular weight excluding hydrogens is 410 g/mol. The summed E-state index contributed by atoms with van der Waals surface area (Å²) in [4.78, 5) is 12.7. The van der Waals surface area contributed by atoms with Gasteiger partial charge in [-0.2, -0.15) is 4.73 Å². The Morgan fingerprint density at radius 1 is 1.14 bits per heavy atom. The fourth-order valence-corrected chi connectivity index (χ4v) is 2.67. The monoisotopic (exact) mass is 422 g/mol. The van der Waals surface area contributed by atoms with E-state index in [1.54, 1.807) is 6.07 Å². The summed E-state index contributed by atoms with van der Waals surface area (Å²) >= 11 is 12.1. The normalized spacial score (nSPS) is 10.4. The van der Waals surface area contributed by atoms with Crippen LogP contribution in [0.25, 0.3) is 0 Å². The molecule has 9 heteroatoms. The standard InChI is InChI=1S/C19H13Cl2FN2O4/c1-27-17-5-4-12(7-16(17)22)28-18-9-15(21)14(20)8-13(18)19(25)23-11-3-2-6-24(26)10-11/h2-10H,1H3,(H,23,25). The van der Waals surface area contributed by atoms with E-state index in [2.05, 4.69) is 5.32 Å². The molecule has 1 heterocycles. The molecule has 0 atom stereocenters. The first-order valence-electron chi connectivity index (χ1n) is 7.88. The summed E-state index contributed by atoms with van der Waals surface area (Å²) in [6.45, 7) is 0. The minimum atomic E-state index is -0.629. The lowest BCUT2D eigenvalue weighted by Crippen LogP contribution is -2.25. The van der Waals surface area contributed by atoms with E-state index in [0.717, 1.165) is 6.07 Å². The van der Waals surface area contributed by atoms with Gasteiger partial charge in [-0.05, 0) is 24.3 Å². The molecule has 1 aromatic heterocycles. The van der Waals surface area contributed by atoms with Crippen LogP contribution in [0.1, 0.15) is 10.4 Å². The van der Waals surface area contributed by atoms with Crippen molar-refractivity contribution >= 4 is 34.8 Å². The smallest absolute Gasteiger partial charge is 0.259 e. The van der Waals surface area contributed by atoms with Crippen LogP contribution in [0.15, 0.2) is 54.9 Å². The minimum absolute atomic E-state index is 0.0481. The molecule has 0 bridgehead atoms. The van der Waals surface area contributed by atoms with Crippen LogP contribution in [0.2, 0.25) is 10.0 Å². The largest absolute Gasteiger partial charge is 0.619 e. The number of aromatic nitrogens is 1. The molecule has 0 aliphatic rings. The topological polar surface area (TPSA) is 74.5 Å². The lowest BCUT2D eigenvalue weighted by atomic mass is 10.1. The van der Waals surface area contributed by atoms with Gasteiger partial charge in [-0.3, -0.25) is 4.79 Å². The molecule has 0 radical (unpaired) electrons. The molecule has 0 fully saturated rings. The molecule has 0 saturated carbocycles. The number of carbonyl (C=O) groups is 1.